The molecule has 19 heavy (non-hydrogen) atoms. The monoisotopic (exact) mass is 267 g/mol. The van der Waals surface area contributed by atoms with Crippen molar-refractivity contribution in [3.8, 4) is 11.5 Å². The number of nitrogens with one attached hydrogen (secondary N) is 1. The van der Waals surface area contributed by atoms with E-state index in [1.807, 2.05) is 25.1 Å². The topological polar surface area (TPSA) is 67.8 Å². The molecule has 5 nitrogen and oxygen atoms in total. The highest BCUT2D eigenvalue weighted by Crippen LogP contribution is 2.27. The number of methoxy groups -OCH3 is 2. The first-order valence-corrected chi connectivity index (χ1v) is 6.20. The minimum absolute atomic E-state index is 0.109. The summed E-state index contributed by atoms with van der Waals surface area (Å²) in [6.45, 7) is 3.25. The van der Waals surface area contributed by atoms with Crippen molar-refractivity contribution in [1.82, 2.24) is 5.32 Å². The van der Waals surface area contributed by atoms with Gasteiger partial charge in [-0.25, -0.2) is 0 Å². The normalized spacial score (nSPS) is 11.9. The summed E-state index contributed by atoms with van der Waals surface area (Å²) < 4.78 is 10.4. The molecule has 1 aromatic rings. The predicted molar refractivity (Wildman–Crippen MR) is 72.7 cm³/mol. The van der Waals surface area contributed by atoms with E-state index in [1.165, 1.54) is 0 Å². The van der Waals surface area contributed by atoms with Crippen molar-refractivity contribution < 1.29 is 19.4 Å². The Bertz CT molecular complexity index is 420. The molecule has 0 saturated heterocycles. The Morgan fingerprint density at radius 1 is 1.32 bits per heavy atom. The molecule has 0 fully saturated rings. The molecule has 1 atom stereocenters. The molecule has 0 aliphatic heterocycles. The first-order valence-electron chi connectivity index (χ1n) is 6.20. The number of carbonyl (C=O) groups is 1. The number of carboxylic acids is 1. The summed E-state index contributed by atoms with van der Waals surface area (Å²) in [5, 5.41) is 11.9. The van der Waals surface area contributed by atoms with Gasteiger partial charge in [0.15, 0.2) is 11.5 Å². The van der Waals surface area contributed by atoms with Gasteiger partial charge in [-0.2, -0.15) is 0 Å². The summed E-state index contributed by atoms with van der Waals surface area (Å²) in [6, 6.07) is 5.72. The maximum absolute atomic E-state index is 10.5. The highest BCUT2D eigenvalue weighted by atomic mass is 16.5. The minimum atomic E-state index is -0.764. The molecule has 106 valence electrons. The molecule has 0 aliphatic rings. The van der Waals surface area contributed by atoms with Gasteiger partial charge in [0, 0.05) is 13.0 Å². The number of benzene rings is 1. The van der Waals surface area contributed by atoms with Crippen molar-refractivity contribution in [3.63, 3.8) is 0 Å². The van der Waals surface area contributed by atoms with Crippen LogP contribution in [0.1, 0.15) is 18.9 Å². The van der Waals surface area contributed by atoms with Gasteiger partial charge < -0.3 is 19.9 Å². The zero-order valence-corrected chi connectivity index (χ0v) is 11.6. The lowest BCUT2D eigenvalue weighted by molar-refractivity contribution is -0.137. The first-order chi connectivity index (χ1) is 9.06. The Balaban J connectivity index is 2.47. The molecular weight excluding hydrogens is 246 g/mol. The predicted octanol–water partition coefficient (Wildman–Crippen LogP) is 1.90. The van der Waals surface area contributed by atoms with Crippen molar-refractivity contribution in [2.24, 2.45) is 5.92 Å². The summed E-state index contributed by atoms with van der Waals surface area (Å²) in [5.74, 6) is 0.740. The van der Waals surface area contributed by atoms with E-state index >= 15 is 0 Å². The van der Waals surface area contributed by atoms with E-state index in [2.05, 4.69) is 5.32 Å². The van der Waals surface area contributed by atoms with Crippen LogP contribution < -0.4 is 14.8 Å². The average molecular weight is 267 g/mol. The molecule has 0 saturated carbocycles. The van der Waals surface area contributed by atoms with Crippen LogP contribution in [0.3, 0.4) is 0 Å². The number of hydrogen-bond acceptors (Lipinski definition) is 4. The van der Waals surface area contributed by atoms with Crippen LogP contribution in [0.15, 0.2) is 18.2 Å². The van der Waals surface area contributed by atoms with Crippen molar-refractivity contribution in [2.45, 2.75) is 19.9 Å². The van der Waals surface area contributed by atoms with Gasteiger partial charge >= 0.3 is 5.97 Å². The Morgan fingerprint density at radius 3 is 2.58 bits per heavy atom. The minimum Gasteiger partial charge on any atom is -0.493 e. The zero-order chi connectivity index (χ0) is 14.3. The summed E-state index contributed by atoms with van der Waals surface area (Å²) in [4.78, 5) is 10.5. The number of rotatable bonds is 8. The molecule has 0 heterocycles. The van der Waals surface area contributed by atoms with Crippen LogP contribution in [0.25, 0.3) is 0 Å². The van der Waals surface area contributed by atoms with E-state index < -0.39 is 5.97 Å². The second-order valence-corrected chi connectivity index (χ2v) is 4.52. The smallest absolute Gasteiger partial charge is 0.303 e. The summed E-state index contributed by atoms with van der Waals surface area (Å²) in [6.07, 6.45) is 0.179. The number of ether oxygens (including phenoxy) is 2. The standard InChI is InChI=1S/C14H21NO4/c1-10(6-14(16)17)8-15-9-11-4-5-12(18-2)13(7-11)19-3/h4-5,7,10,15H,6,8-9H2,1-3H3,(H,16,17). The quantitative estimate of drug-likeness (QED) is 0.753. The van der Waals surface area contributed by atoms with Crippen LogP contribution in [0, 0.1) is 5.92 Å². The van der Waals surface area contributed by atoms with Crippen LogP contribution in [0.2, 0.25) is 0 Å². The third-order valence-electron chi connectivity index (χ3n) is 2.79. The van der Waals surface area contributed by atoms with Gasteiger partial charge in [-0.3, -0.25) is 4.79 Å². The van der Waals surface area contributed by atoms with Gasteiger partial charge in [-0.1, -0.05) is 13.0 Å². The summed E-state index contributed by atoms with van der Waals surface area (Å²) in [5.41, 5.74) is 1.07. The van der Waals surface area contributed by atoms with Crippen LogP contribution >= 0.6 is 0 Å². The lowest BCUT2D eigenvalue weighted by atomic mass is 10.1. The third kappa shape index (κ3) is 5.18. The fraction of sp³-hybridized carbons (Fsp3) is 0.500. The van der Waals surface area contributed by atoms with Crippen LogP contribution in [-0.2, 0) is 11.3 Å². The van der Waals surface area contributed by atoms with Crippen molar-refractivity contribution in [2.75, 3.05) is 20.8 Å². The summed E-state index contributed by atoms with van der Waals surface area (Å²) >= 11 is 0. The van der Waals surface area contributed by atoms with Gasteiger partial charge in [0.1, 0.15) is 0 Å². The second-order valence-electron chi connectivity index (χ2n) is 4.52. The SMILES string of the molecule is COc1ccc(CNCC(C)CC(=O)O)cc1OC. The molecule has 0 radical (unpaired) electrons. The largest absolute Gasteiger partial charge is 0.493 e. The van der Waals surface area contributed by atoms with Crippen LogP contribution in [-0.4, -0.2) is 31.8 Å². The van der Waals surface area contributed by atoms with Crippen LogP contribution in [0.4, 0.5) is 0 Å². The third-order valence-corrected chi connectivity index (χ3v) is 2.79. The van der Waals surface area contributed by atoms with Gasteiger partial charge in [0.25, 0.3) is 0 Å². The maximum Gasteiger partial charge on any atom is 0.303 e. The van der Waals surface area contributed by atoms with Gasteiger partial charge in [0.05, 0.1) is 14.2 Å². The fourth-order valence-corrected chi connectivity index (χ4v) is 1.82. The Hall–Kier alpha value is -1.75. The van der Waals surface area contributed by atoms with E-state index in [0.717, 1.165) is 5.56 Å². The fourth-order valence-electron chi connectivity index (χ4n) is 1.82. The molecule has 0 aliphatic carbocycles. The Labute approximate surface area is 113 Å². The molecule has 1 aromatic carbocycles. The molecule has 1 unspecified atom stereocenters. The van der Waals surface area contributed by atoms with E-state index in [9.17, 15) is 4.79 Å². The lowest BCUT2D eigenvalue weighted by Crippen LogP contribution is -2.22. The lowest BCUT2D eigenvalue weighted by Gasteiger charge is -2.12. The number of carboxylic acid groups (broad SMARTS) is 1. The highest BCUT2D eigenvalue weighted by molar-refractivity contribution is 5.66. The van der Waals surface area contributed by atoms with E-state index in [4.69, 9.17) is 14.6 Å². The van der Waals surface area contributed by atoms with E-state index in [-0.39, 0.29) is 12.3 Å². The van der Waals surface area contributed by atoms with E-state index in [1.54, 1.807) is 14.2 Å². The number of aliphatic carboxylic acids is 1. The summed E-state index contributed by atoms with van der Waals surface area (Å²) in [7, 11) is 3.20. The Morgan fingerprint density at radius 2 is 2.00 bits per heavy atom. The van der Waals surface area contributed by atoms with Crippen molar-refractivity contribution >= 4 is 5.97 Å². The number of hydrogen-bond donors (Lipinski definition) is 2. The van der Waals surface area contributed by atoms with Gasteiger partial charge in [0.2, 0.25) is 0 Å². The van der Waals surface area contributed by atoms with Gasteiger partial charge in [-0.15, -0.1) is 0 Å². The Kier molecular flexibility index (Phi) is 6.15. The molecule has 1 rings (SSSR count). The first kappa shape index (κ1) is 15.3. The molecule has 0 aromatic heterocycles. The molecular formula is C14H21NO4. The molecule has 0 bridgehead atoms. The van der Waals surface area contributed by atoms with Crippen molar-refractivity contribution in [1.29, 1.82) is 0 Å². The van der Waals surface area contributed by atoms with E-state index in [0.29, 0.717) is 24.6 Å². The van der Waals surface area contributed by atoms with Crippen LogP contribution in [0.5, 0.6) is 11.5 Å². The maximum atomic E-state index is 10.5. The molecule has 5 heteroatoms. The highest BCUT2D eigenvalue weighted by Gasteiger charge is 2.08. The van der Waals surface area contributed by atoms with Crippen molar-refractivity contribution in [3.05, 3.63) is 23.8 Å². The average Bonchev–Trinajstić information content (AvgIpc) is 2.37. The zero-order valence-electron chi connectivity index (χ0n) is 11.6. The second kappa shape index (κ2) is 7.63. The molecule has 2 N–H and O–H groups in total. The molecule has 0 spiro atoms. The molecule has 0 amide bonds. The van der Waals surface area contributed by atoms with Gasteiger partial charge in [-0.05, 0) is 30.2 Å².